The first-order chi connectivity index (χ1) is 13.0. The molecule has 0 bridgehead atoms. The fraction of sp³-hybridized carbons (Fsp3) is 0.450. The van der Waals surface area contributed by atoms with Gasteiger partial charge in [0, 0.05) is 24.0 Å². The van der Waals surface area contributed by atoms with Gasteiger partial charge in [0.05, 0.1) is 19.8 Å². The predicted molar refractivity (Wildman–Crippen MR) is 107 cm³/mol. The molecule has 0 unspecified atom stereocenters. The summed E-state index contributed by atoms with van der Waals surface area (Å²) < 4.78 is 10.7. The monoisotopic (exact) mass is 387 g/mol. The second kappa shape index (κ2) is 7.05. The summed E-state index contributed by atoms with van der Waals surface area (Å²) in [6, 6.07) is 6.21. The highest BCUT2D eigenvalue weighted by Crippen LogP contribution is 2.41. The third kappa shape index (κ3) is 3.15. The van der Waals surface area contributed by atoms with Crippen molar-refractivity contribution in [2.75, 3.05) is 26.1 Å². The number of anilines is 1. The van der Waals surface area contributed by atoms with E-state index in [1.54, 1.807) is 25.6 Å². The van der Waals surface area contributed by atoms with E-state index >= 15 is 0 Å². The Morgan fingerprint density at radius 3 is 2.67 bits per heavy atom. The largest absolute Gasteiger partial charge is 0.493 e. The summed E-state index contributed by atoms with van der Waals surface area (Å²) in [4.78, 5) is 16.6. The zero-order chi connectivity index (χ0) is 19.1. The molecule has 0 saturated carbocycles. The second-order valence-corrected chi connectivity index (χ2v) is 8.29. The summed E-state index contributed by atoms with van der Waals surface area (Å²) in [5.74, 6) is 1.32. The first-order valence-corrected chi connectivity index (χ1v) is 10.0. The lowest BCUT2D eigenvalue weighted by Gasteiger charge is -2.31. The van der Waals surface area contributed by atoms with Gasteiger partial charge < -0.3 is 20.1 Å². The Bertz CT molecular complexity index is 878. The molecule has 4 rings (SSSR count). The van der Waals surface area contributed by atoms with Crippen molar-refractivity contribution in [2.24, 2.45) is 0 Å². The van der Waals surface area contributed by atoms with Crippen LogP contribution in [0, 0.1) is 0 Å². The smallest absolute Gasteiger partial charge is 0.256 e. The van der Waals surface area contributed by atoms with Gasteiger partial charge in [-0.2, -0.15) is 0 Å². The van der Waals surface area contributed by atoms with Gasteiger partial charge >= 0.3 is 0 Å². The van der Waals surface area contributed by atoms with E-state index in [-0.39, 0.29) is 12.1 Å². The lowest BCUT2D eigenvalue weighted by molar-refractivity contribution is 0.0934. The maximum atomic E-state index is 12.9. The number of thiophene rings is 1. The summed E-state index contributed by atoms with van der Waals surface area (Å²) >= 11 is 1.71. The van der Waals surface area contributed by atoms with Gasteiger partial charge in [-0.15, -0.1) is 11.3 Å². The van der Waals surface area contributed by atoms with Crippen LogP contribution in [0.25, 0.3) is 0 Å². The van der Waals surface area contributed by atoms with Gasteiger partial charge in [0.2, 0.25) is 0 Å². The predicted octanol–water partition coefficient (Wildman–Crippen LogP) is 3.39. The van der Waals surface area contributed by atoms with Gasteiger partial charge in [-0.1, -0.05) is 6.07 Å². The fourth-order valence-corrected chi connectivity index (χ4v) is 5.07. The van der Waals surface area contributed by atoms with Crippen LogP contribution in [0.1, 0.15) is 46.4 Å². The lowest BCUT2D eigenvalue weighted by atomic mass is 9.99. The van der Waals surface area contributed by atoms with E-state index in [4.69, 9.17) is 9.47 Å². The second-order valence-electron chi connectivity index (χ2n) is 7.19. The number of hydrogen-bond donors (Lipinski definition) is 2. The number of carbonyl (C=O) groups excluding carboxylic acids is 1. The van der Waals surface area contributed by atoms with Gasteiger partial charge in [-0.25, -0.2) is 0 Å². The molecule has 0 fully saturated rings. The first kappa shape index (κ1) is 18.1. The SMILES string of the molecule is COc1ccc([C@@H]2NC(=O)c3c(sc4c3CCN(C(C)C)C4)N2)cc1OC. The Kier molecular flexibility index (Phi) is 4.74. The number of nitrogens with zero attached hydrogens (tertiary/aromatic N) is 1. The van der Waals surface area contributed by atoms with E-state index in [2.05, 4.69) is 29.4 Å². The van der Waals surface area contributed by atoms with Crippen LogP contribution in [0.5, 0.6) is 11.5 Å². The van der Waals surface area contributed by atoms with Gasteiger partial charge in [-0.3, -0.25) is 9.69 Å². The Labute approximate surface area is 163 Å². The van der Waals surface area contributed by atoms with Crippen LogP contribution in [0.15, 0.2) is 18.2 Å². The number of rotatable bonds is 4. The van der Waals surface area contributed by atoms with Crippen molar-refractivity contribution in [3.05, 3.63) is 39.8 Å². The molecule has 7 heteroatoms. The fourth-order valence-electron chi connectivity index (χ4n) is 3.78. The maximum absolute atomic E-state index is 12.9. The summed E-state index contributed by atoms with van der Waals surface area (Å²) in [6.07, 6.45) is 0.640. The minimum atomic E-state index is -0.286. The van der Waals surface area contributed by atoms with Gasteiger partial charge in [-0.05, 0) is 43.5 Å². The summed E-state index contributed by atoms with van der Waals surface area (Å²) in [5, 5.41) is 7.57. The lowest BCUT2D eigenvalue weighted by Crippen LogP contribution is -2.39. The van der Waals surface area contributed by atoms with Crippen molar-refractivity contribution in [2.45, 2.75) is 39.0 Å². The normalized spacial score (nSPS) is 19.1. The zero-order valence-electron chi connectivity index (χ0n) is 16.1. The van der Waals surface area contributed by atoms with Crippen LogP contribution in [0.4, 0.5) is 5.00 Å². The average molecular weight is 388 g/mol. The number of hydrogen-bond acceptors (Lipinski definition) is 6. The van der Waals surface area contributed by atoms with Crippen LogP contribution in [0.2, 0.25) is 0 Å². The van der Waals surface area contributed by atoms with Crippen LogP contribution in [0.3, 0.4) is 0 Å². The molecule has 1 atom stereocenters. The zero-order valence-corrected chi connectivity index (χ0v) is 16.9. The molecule has 2 aliphatic heterocycles. The summed E-state index contributed by atoms with van der Waals surface area (Å²) in [7, 11) is 3.22. The van der Waals surface area contributed by atoms with E-state index in [9.17, 15) is 4.79 Å². The van der Waals surface area contributed by atoms with Crippen molar-refractivity contribution >= 4 is 22.2 Å². The van der Waals surface area contributed by atoms with Crippen molar-refractivity contribution in [1.29, 1.82) is 0 Å². The molecule has 0 radical (unpaired) electrons. The van der Waals surface area contributed by atoms with Gasteiger partial charge in [0.25, 0.3) is 5.91 Å². The first-order valence-electron chi connectivity index (χ1n) is 9.19. The van der Waals surface area contributed by atoms with E-state index in [0.29, 0.717) is 17.5 Å². The van der Waals surface area contributed by atoms with Crippen molar-refractivity contribution in [1.82, 2.24) is 10.2 Å². The topological polar surface area (TPSA) is 62.8 Å². The molecule has 1 aromatic heterocycles. The third-order valence-corrected chi connectivity index (χ3v) is 6.48. The molecule has 1 aromatic carbocycles. The van der Waals surface area contributed by atoms with Crippen LogP contribution in [-0.4, -0.2) is 37.6 Å². The number of benzene rings is 1. The number of fused-ring (bicyclic) bond motifs is 3. The van der Waals surface area contributed by atoms with Crippen LogP contribution >= 0.6 is 11.3 Å². The van der Waals surface area contributed by atoms with Crippen molar-refractivity contribution in [3.8, 4) is 11.5 Å². The van der Waals surface area contributed by atoms with Gasteiger partial charge in [0.1, 0.15) is 11.2 Å². The minimum absolute atomic E-state index is 0.000896. The minimum Gasteiger partial charge on any atom is -0.493 e. The standard InChI is InChI=1S/C20H25N3O3S/c1-11(2)23-8-7-13-16(10-23)27-20-17(13)19(24)21-18(22-20)12-5-6-14(25-3)15(9-12)26-4/h5-6,9,11,18,22H,7-8,10H2,1-4H3,(H,21,24)/t18-/m1/s1. The molecule has 0 saturated heterocycles. The van der Waals surface area contributed by atoms with E-state index in [1.807, 2.05) is 18.2 Å². The summed E-state index contributed by atoms with van der Waals surface area (Å²) in [5.41, 5.74) is 2.97. The van der Waals surface area contributed by atoms with E-state index < -0.39 is 0 Å². The third-order valence-electron chi connectivity index (χ3n) is 5.34. The molecule has 27 heavy (non-hydrogen) atoms. The average Bonchev–Trinajstić information content (AvgIpc) is 3.05. The Hall–Kier alpha value is -2.25. The van der Waals surface area contributed by atoms with Gasteiger partial charge in [0.15, 0.2) is 11.5 Å². The molecule has 6 nitrogen and oxygen atoms in total. The molecule has 3 heterocycles. The Balaban J connectivity index is 1.64. The molecule has 1 amide bonds. The molecule has 2 aliphatic rings. The molecular weight excluding hydrogens is 362 g/mol. The Morgan fingerprint density at radius 1 is 1.19 bits per heavy atom. The van der Waals surface area contributed by atoms with E-state index in [1.165, 1.54) is 10.4 Å². The quantitative estimate of drug-likeness (QED) is 0.842. The number of nitrogens with one attached hydrogen (secondary N) is 2. The van der Waals surface area contributed by atoms with Crippen molar-refractivity contribution in [3.63, 3.8) is 0 Å². The van der Waals surface area contributed by atoms with Crippen LogP contribution in [-0.2, 0) is 13.0 Å². The number of ether oxygens (including phenoxy) is 2. The Morgan fingerprint density at radius 2 is 1.96 bits per heavy atom. The molecule has 2 N–H and O–H groups in total. The molecular formula is C20H25N3O3S. The molecule has 2 aromatic rings. The summed E-state index contributed by atoms with van der Waals surface area (Å²) in [6.45, 7) is 6.36. The highest BCUT2D eigenvalue weighted by atomic mass is 32.1. The number of carbonyl (C=O) groups is 1. The highest BCUT2D eigenvalue weighted by molar-refractivity contribution is 7.16. The number of methoxy groups -OCH3 is 2. The highest BCUT2D eigenvalue weighted by Gasteiger charge is 2.33. The maximum Gasteiger partial charge on any atom is 0.256 e. The van der Waals surface area contributed by atoms with Crippen LogP contribution < -0.4 is 20.1 Å². The van der Waals surface area contributed by atoms with Crippen molar-refractivity contribution < 1.29 is 14.3 Å². The molecule has 0 spiro atoms. The number of amides is 1. The molecule has 144 valence electrons. The van der Waals surface area contributed by atoms with E-state index in [0.717, 1.165) is 35.6 Å². The molecule has 0 aliphatic carbocycles.